The molecule has 0 radical (unpaired) electrons. The van der Waals surface area contributed by atoms with Gasteiger partial charge in [-0.15, -0.1) is 0 Å². The first kappa shape index (κ1) is 23.4. The highest BCUT2D eigenvalue weighted by Crippen LogP contribution is 2.14. The molecular weight excluding hydrogens is 369 g/mol. The maximum absolute atomic E-state index is 13.0. The molecule has 2 rings (SSSR count). The van der Waals surface area contributed by atoms with Crippen LogP contribution in [0.3, 0.4) is 0 Å². The minimum absolute atomic E-state index is 0.0668. The maximum atomic E-state index is 13.0. The van der Waals surface area contributed by atoms with Crippen LogP contribution in [0.4, 0.5) is 4.39 Å². The molecule has 6 nitrogen and oxygen atoms in total. The molecule has 1 aliphatic heterocycles. The van der Waals surface area contributed by atoms with Gasteiger partial charge in [0.15, 0.2) is 5.96 Å². The molecule has 1 saturated heterocycles. The van der Waals surface area contributed by atoms with E-state index in [9.17, 15) is 4.39 Å². The summed E-state index contributed by atoms with van der Waals surface area (Å²) in [6.07, 6.45) is -0.0668. The van der Waals surface area contributed by atoms with Crippen LogP contribution in [-0.2, 0) is 0 Å². The highest BCUT2D eigenvalue weighted by atomic mass is 19.1. The Morgan fingerprint density at radius 1 is 1.10 bits per heavy atom. The topological polar surface area (TPSA) is 52.1 Å². The molecule has 29 heavy (non-hydrogen) atoms. The highest BCUT2D eigenvalue weighted by Gasteiger charge is 2.24. The number of guanidine groups is 1. The van der Waals surface area contributed by atoms with E-state index in [0.29, 0.717) is 24.3 Å². The Morgan fingerprint density at radius 2 is 1.76 bits per heavy atom. The van der Waals surface area contributed by atoms with Gasteiger partial charge in [0.25, 0.3) is 0 Å². The zero-order valence-electron chi connectivity index (χ0n) is 18.6. The van der Waals surface area contributed by atoms with Gasteiger partial charge in [0.2, 0.25) is 0 Å². The summed E-state index contributed by atoms with van der Waals surface area (Å²) in [5, 5.41) is 6.69. The lowest BCUT2D eigenvalue weighted by Crippen LogP contribution is -2.52. The average Bonchev–Trinajstić information content (AvgIpc) is 2.69. The van der Waals surface area contributed by atoms with Gasteiger partial charge in [-0.2, -0.15) is 0 Å². The number of likely N-dealkylation sites (N-methyl/N-ethyl adjacent to an activating group) is 1. The van der Waals surface area contributed by atoms with Crippen LogP contribution in [0, 0.1) is 11.7 Å². The van der Waals surface area contributed by atoms with Crippen LogP contribution >= 0.6 is 0 Å². The van der Waals surface area contributed by atoms with E-state index in [4.69, 9.17) is 9.73 Å². The minimum atomic E-state index is -0.259. The third-order valence-corrected chi connectivity index (χ3v) is 5.26. The molecule has 0 amide bonds. The van der Waals surface area contributed by atoms with Crippen molar-refractivity contribution in [2.24, 2.45) is 10.9 Å². The lowest BCUT2D eigenvalue weighted by molar-refractivity contribution is 0.0925. The smallest absolute Gasteiger partial charge is 0.191 e. The molecule has 0 saturated carbocycles. The average molecular weight is 408 g/mol. The Bertz CT molecular complexity index is 614. The van der Waals surface area contributed by atoms with Gasteiger partial charge >= 0.3 is 0 Å². The van der Waals surface area contributed by atoms with Crippen molar-refractivity contribution in [2.45, 2.75) is 39.8 Å². The van der Waals surface area contributed by atoms with Crippen molar-refractivity contribution in [1.82, 2.24) is 20.4 Å². The quantitative estimate of drug-likeness (QED) is 0.486. The largest absolute Gasteiger partial charge is 0.489 e. The molecule has 2 N–H and O–H groups in total. The fourth-order valence-electron chi connectivity index (χ4n) is 3.46. The van der Waals surface area contributed by atoms with Crippen LogP contribution in [0.1, 0.15) is 27.7 Å². The number of ether oxygens (including phenoxy) is 1. The Hall–Kier alpha value is -1.86. The Labute approximate surface area is 175 Å². The van der Waals surface area contributed by atoms with Gasteiger partial charge < -0.3 is 20.3 Å². The van der Waals surface area contributed by atoms with Gasteiger partial charge in [-0.05, 0) is 51.1 Å². The van der Waals surface area contributed by atoms with E-state index in [1.807, 2.05) is 6.92 Å². The van der Waals surface area contributed by atoms with Crippen LogP contribution in [0.15, 0.2) is 29.3 Å². The maximum Gasteiger partial charge on any atom is 0.191 e. The first-order valence-corrected chi connectivity index (χ1v) is 10.8. The summed E-state index contributed by atoms with van der Waals surface area (Å²) in [4.78, 5) is 9.80. The molecule has 1 heterocycles. The summed E-state index contributed by atoms with van der Waals surface area (Å²) in [7, 11) is 2.18. The number of piperazine rings is 1. The fourth-order valence-corrected chi connectivity index (χ4v) is 3.46. The summed E-state index contributed by atoms with van der Waals surface area (Å²) >= 11 is 0. The normalized spacial score (nSPS) is 18.5. The summed E-state index contributed by atoms with van der Waals surface area (Å²) in [5.41, 5.74) is 0. The van der Waals surface area contributed by atoms with Crippen molar-refractivity contribution in [3.63, 3.8) is 0 Å². The lowest BCUT2D eigenvalue weighted by Gasteiger charge is -2.39. The Kier molecular flexibility index (Phi) is 9.67. The number of aliphatic imine (C=N–C) groups is 1. The third kappa shape index (κ3) is 8.19. The van der Waals surface area contributed by atoms with Gasteiger partial charge in [0, 0.05) is 38.8 Å². The molecule has 0 bridgehead atoms. The number of nitrogens with one attached hydrogen (secondary N) is 2. The van der Waals surface area contributed by atoms with E-state index in [1.54, 1.807) is 12.1 Å². The molecule has 1 aromatic rings. The molecule has 2 unspecified atom stereocenters. The minimum Gasteiger partial charge on any atom is -0.489 e. The Balaban J connectivity index is 1.88. The van der Waals surface area contributed by atoms with Crippen molar-refractivity contribution in [2.75, 3.05) is 52.9 Å². The molecule has 1 aromatic carbocycles. The van der Waals surface area contributed by atoms with E-state index in [1.165, 1.54) is 12.1 Å². The Morgan fingerprint density at radius 3 is 2.34 bits per heavy atom. The van der Waals surface area contributed by atoms with E-state index < -0.39 is 0 Å². The van der Waals surface area contributed by atoms with Crippen LogP contribution in [-0.4, -0.2) is 80.8 Å². The van der Waals surface area contributed by atoms with Crippen molar-refractivity contribution < 1.29 is 9.13 Å². The second-order valence-corrected chi connectivity index (χ2v) is 8.13. The lowest BCUT2D eigenvalue weighted by atomic mass is 10.0. The summed E-state index contributed by atoms with van der Waals surface area (Å²) in [6, 6.07) is 6.55. The van der Waals surface area contributed by atoms with E-state index >= 15 is 0 Å². The van der Waals surface area contributed by atoms with Crippen LogP contribution < -0.4 is 15.4 Å². The van der Waals surface area contributed by atoms with Gasteiger partial charge in [0.1, 0.15) is 17.7 Å². The molecule has 1 aliphatic rings. The molecule has 2 atom stereocenters. The predicted octanol–water partition coefficient (Wildman–Crippen LogP) is 2.42. The zero-order chi connectivity index (χ0) is 21.2. The summed E-state index contributed by atoms with van der Waals surface area (Å²) in [6.45, 7) is 15.2. The van der Waals surface area contributed by atoms with E-state index in [2.05, 4.69) is 48.3 Å². The first-order chi connectivity index (χ1) is 13.9. The molecule has 0 aliphatic carbocycles. The molecule has 1 fully saturated rings. The van der Waals surface area contributed by atoms with Crippen LogP contribution in [0.5, 0.6) is 5.75 Å². The first-order valence-electron chi connectivity index (χ1n) is 10.8. The van der Waals surface area contributed by atoms with E-state index in [-0.39, 0.29) is 11.9 Å². The van der Waals surface area contributed by atoms with Gasteiger partial charge in [-0.3, -0.25) is 9.89 Å². The number of benzene rings is 1. The van der Waals surface area contributed by atoms with E-state index in [0.717, 1.165) is 45.2 Å². The number of hydrogen-bond acceptors (Lipinski definition) is 4. The zero-order valence-corrected chi connectivity index (χ0v) is 18.6. The number of rotatable bonds is 9. The van der Waals surface area contributed by atoms with Gasteiger partial charge in [0.05, 0.1) is 13.1 Å². The SMILES string of the molecule is CCNC(=NCC(C(C)C)N1CCN(C)CC1)NCC(C)Oc1ccc(F)cc1. The van der Waals surface area contributed by atoms with Crippen LogP contribution in [0.25, 0.3) is 0 Å². The highest BCUT2D eigenvalue weighted by molar-refractivity contribution is 5.79. The number of nitrogens with zero attached hydrogens (tertiary/aromatic N) is 3. The molecule has 0 spiro atoms. The molecular formula is C22H38FN5O. The predicted molar refractivity (Wildman–Crippen MR) is 118 cm³/mol. The molecule has 164 valence electrons. The molecule has 0 aromatic heterocycles. The van der Waals surface area contributed by atoms with Crippen molar-refractivity contribution in [3.8, 4) is 5.75 Å². The standard InChI is InChI=1S/C22H38FN5O/c1-6-24-22(25-15-18(4)29-20-9-7-19(23)8-10-20)26-16-21(17(2)3)28-13-11-27(5)12-14-28/h7-10,17-18,21H,6,11-16H2,1-5H3,(H2,24,25,26). The number of halogens is 1. The van der Waals surface area contributed by atoms with Gasteiger partial charge in [-0.1, -0.05) is 13.8 Å². The fraction of sp³-hybridized carbons (Fsp3) is 0.682. The summed E-state index contributed by atoms with van der Waals surface area (Å²) in [5.74, 6) is 1.76. The monoisotopic (exact) mass is 407 g/mol. The van der Waals surface area contributed by atoms with Crippen molar-refractivity contribution >= 4 is 5.96 Å². The van der Waals surface area contributed by atoms with Crippen molar-refractivity contribution in [3.05, 3.63) is 30.1 Å². The number of hydrogen-bond donors (Lipinski definition) is 2. The van der Waals surface area contributed by atoms with Crippen molar-refractivity contribution in [1.29, 1.82) is 0 Å². The van der Waals surface area contributed by atoms with Gasteiger partial charge in [-0.25, -0.2) is 4.39 Å². The summed E-state index contributed by atoms with van der Waals surface area (Å²) < 4.78 is 18.9. The second kappa shape index (κ2) is 12.0. The van der Waals surface area contributed by atoms with Crippen LogP contribution in [0.2, 0.25) is 0 Å². The second-order valence-electron chi connectivity index (χ2n) is 8.13. The third-order valence-electron chi connectivity index (χ3n) is 5.26. The molecule has 7 heteroatoms.